The molecule has 0 spiro atoms. The summed E-state index contributed by atoms with van der Waals surface area (Å²) in [6, 6.07) is 0. The molecular weight excluding hydrogens is 196 g/mol. The molecule has 0 bridgehead atoms. The maximum Gasteiger partial charge on any atom is 0.377 e. The second-order valence-electron chi connectivity index (χ2n) is 3.12. The molecular formula is C11H18O4. The Bertz CT molecular complexity index is 253. The van der Waals surface area contributed by atoms with Gasteiger partial charge in [-0.15, -0.1) is 0 Å². The van der Waals surface area contributed by atoms with Crippen LogP contribution in [0.15, 0.2) is 23.7 Å². The molecule has 0 radical (unpaired) electrons. The van der Waals surface area contributed by atoms with Crippen LogP contribution in [0.1, 0.15) is 32.6 Å². The first-order valence-electron chi connectivity index (χ1n) is 5.00. The van der Waals surface area contributed by atoms with Gasteiger partial charge in [-0.25, -0.2) is 4.79 Å². The highest BCUT2D eigenvalue weighted by Crippen LogP contribution is 2.04. The molecule has 86 valence electrons. The van der Waals surface area contributed by atoms with Gasteiger partial charge in [0.1, 0.15) is 0 Å². The molecule has 0 saturated carbocycles. The predicted octanol–water partition coefficient (Wildman–Crippen LogP) is 2.62. The number of aliphatic hydroxyl groups is 2. The molecule has 4 nitrogen and oxygen atoms in total. The Balaban J connectivity index is 4.09. The van der Waals surface area contributed by atoms with Crippen LogP contribution in [-0.4, -0.2) is 23.3 Å². The van der Waals surface area contributed by atoms with E-state index in [0.29, 0.717) is 0 Å². The number of esters is 1. The van der Waals surface area contributed by atoms with Gasteiger partial charge in [0.15, 0.2) is 5.76 Å². The monoisotopic (exact) mass is 214 g/mol. The first kappa shape index (κ1) is 13.5. The molecule has 4 heteroatoms. The Morgan fingerprint density at radius 1 is 1.33 bits per heavy atom. The molecule has 0 atom stereocenters. The summed E-state index contributed by atoms with van der Waals surface area (Å²) in [7, 11) is 1.14. The average Bonchev–Trinajstić information content (AvgIpc) is 2.26. The standard InChI is InChI=1S/C11H18O4/c1-3-4-5-6-7-8-9(12)10(13)11(14)15-2/h7-8,12-13H,3-6H2,1-2H3. The average molecular weight is 214 g/mol. The van der Waals surface area contributed by atoms with Crippen LogP contribution < -0.4 is 0 Å². The Kier molecular flexibility index (Phi) is 7.14. The van der Waals surface area contributed by atoms with Crippen LogP contribution in [0.25, 0.3) is 0 Å². The molecule has 0 amide bonds. The summed E-state index contributed by atoms with van der Waals surface area (Å²) in [6.07, 6.45) is 7.11. The number of allylic oxidation sites excluding steroid dienone is 2. The number of hydrogen-bond donors (Lipinski definition) is 2. The Morgan fingerprint density at radius 3 is 2.53 bits per heavy atom. The van der Waals surface area contributed by atoms with Crippen LogP contribution in [0, 0.1) is 0 Å². The van der Waals surface area contributed by atoms with Gasteiger partial charge < -0.3 is 14.9 Å². The summed E-state index contributed by atoms with van der Waals surface area (Å²) in [5.41, 5.74) is 0. The van der Waals surface area contributed by atoms with E-state index in [2.05, 4.69) is 11.7 Å². The normalized spacial score (nSPS) is 12.7. The lowest BCUT2D eigenvalue weighted by atomic mass is 10.2. The number of hydrogen-bond acceptors (Lipinski definition) is 4. The van der Waals surface area contributed by atoms with Crippen LogP contribution >= 0.6 is 0 Å². The van der Waals surface area contributed by atoms with Crippen molar-refractivity contribution in [3.8, 4) is 0 Å². The first-order chi connectivity index (χ1) is 7.13. The predicted molar refractivity (Wildman–Crippen MR) is 57.6 cm³/mol. The summed E-state index contributed by atoms with van der Waals surface area (Å²) in [5.74, 6) is -2.16. The van der Waals surface area contributed by atoms with E-state index >= 15 is 0 Å². The molecule has 0 aromatic rings. The highest BCUT2D eigenvalue weighted by atomic mass is 16.5. The third-order valence-corrected chi connectivity index (χ3v) is 1.87. The van der Waals surface area contributed by atoms with Crippen molar-refractivity contribution in [3.05, 3.63) is 23.7 Å². The molecule has 0 aliphatic carbocycles. The number of rotatable bonds is 6. The van der Waals surface area contributed by atoms with Crippen molar-refractivity contribution < 1.29 is 19.7 Å². The highest BCUT2D eigenvalue weighted by Gasteiger charge is 2.11. The Morgan fingerprint density at radius 2 is 2.00 bits per heavy atom. The van der Waals surface area contributed by atoms with Crippen molar-refractivity contribution >= 4 is 5.97 Å². The SMILES string of the molecule is CCCCCC=CC(O)=C(O)C(=O)OC. The second-order valence-corrected chi connectivity index (χ2v) is 3.12. The van der Waals surface area contributed by atoms with Gasteiger partial charge in [-0.3, -0.25) is 0 Å². The second kappa shape index (κ2) is 7.91. The molecule has 0 heterocycles. The quantitative estimate of drug-likeness (QED) is 0.234. The van der Waals surface area contributed by atoms with E-state index in [4.69, 9.17) is 5.11 Å². The Labute approximate surface area is 89.9 Å². The number of ether oxygens (including phenoxy) is 1. The van der Waals surface area contributed by atoms with Gasteiger partial charge in [-0.1, -0.05) is 25.8 Å². The summed E-state index contributed by atoms with van der Waals surface area (Å²) in [6.45, 7) is 2.10. The minimum Gasteiger partial charge on any atom is -0.504 e. The molecule has 0 rings (SSSR count). The van der Waals surface area contributed by atoms with Crippen LogP contribution in [0.3, 0.4) is 0 Å². The lowest BCUT2D eigenvalue weighted by Crippen LogP contribution is -2.06. The summed E-state index contributed by atoms with van der Waals surface area (Å²) in [4.78, 5) is 10.8. The fraction of sp³-hybridized carbons (Fsp3) is 0.545. The third kappa shape index (κ3) is 5.78. The van der Waals surface area contributed by atoms with Crippen LogP contribution in [-0.2, 0) is 9.53 Å². The highest BCUT2D eigenvalue weighted by molar-refractivity contribution is 5.86. The largest absolute Gasteiger partial charge is 0.504 e. The van der Waals surface area contributed by atoms with Crippen molar-refractivity contribution in [2.75, 3.05) is 7.11 Å². The van der Waals surface area contributed by atoms with Crippen molar-refractivity contribution in [1.82, 2.24) is 0 Å². The minimum absolute atomic E-state index is 0.460. The van der Waals surface area contributed by atoms with Gasteiger partial charge in [-0.2, -0.15) is 0 Å². The summed E-state index contributed by atoms with van der Waals surface area (Å²) >= 11 is 0. The first-order valence-corrected chi connectivity index (χ1v) is 5.00. The van der Waals surface area contributed by atoms with Gasteiger partial charge in [-0.05, 0) is 18.9 Å². The van der Waals surface area contributed by atoms with Crippen molar-refractivity contribution in [3.63, 3.8) is 0 Å². The third-order valence-electron chi connectivity index (χ3n) is 1.87. The number of aliphatic hydroxyl groups excluding tert-OH is 2. The number of carbonyl (C=O) groups is 1. The van der Waals surface area contributed by atoms with E-state index in [1.807, 2.05) is 0 Å². The van der Waals surface area contributed by atoms with Crippen molar-refractivity contribution in [2.24, 2.45) is 0 Å². The number of methoxy groups -OCH3 is 1. The summed E-state index contributed by atoms with van der Waals surface area (Å²) in [5, 5.41) is 18.3. The van der Waals surface area contributed by atoms with E-state index in [1.165, 1.54) is 6.08 Å². The van der Waals surface area contributed by atoms with Gasteiger partial charge in [0.05, 0.1) is 7.11 Å². The zero-order valence-electron chi connectivity index (χ0n) is 9.19. The number of carbonyl (C=O) groups excluding carboxylic acids is 1. The van der Waals surface area contributed by atoms with Gasteiger partial charge in [0, 0.05) is 0 Å². The molecule has 0 aromatic carbocycles. The van der Waals surface area contributed by atoms with Gasteiger partial charge in [0.2, 0.25) is 5.76 Å². The molecule has 0 aliphatic heterocycles. The smallest absolute Gasteiger partial charge is 0.377 e. The fourth-order valence-corrected chi connectivity index (χ4v) is 0.987. The van der Waals surface area contributed by atoms with E-state index in [0.717, 1.165) is 32.8 Å². The lowest BCUT2D eigenvalue weighted by molar-refractivity contribution is -0.139. The molecule has 0 aliphatic rings. The van der Waals surface area contributed by atoms with Gasteiger partial charge >= 0.3 is 5.97 Å². The maximum absolute atomic E-state index is 10.8. The lowest BCUT2D eigenvalue weighted by Gasteiger charge is -1.98. The zero-order chi connectivity index (χ0) is 11.7. The van der Waals surface area contributed by atoms with Crippen molar-refractivity contribution in [1.29, 1.82) is 0 Å². The van der Waals surface area contributed by atoms with Crippen molar-refractivity contribution in [2.45, 2.75) is 32.6 Å². The van der Waals surface area contributed by atoms with E-state index in [-0.39, 0.29) is 0 Å². The topological polar surface area (TPSA) is 66.8 Å². The van der Waals surface area contributed by atoms with Gasteiger partial charge in [0.25, 0.3) is 0 Å². The molecule has 0 fully saturated rings. The summed E-state index contributed by atoms with van der Waals surface area (Å²) < 4.78 is 4.24. The molecule has 15 heavy (non-hydrogen) atoms. The van der Waals surface area contributed by atoms with E-state index in [9.17, 15) is 9.90 Å². The van der Waals surface area contributed by atoms with E-state index < -0.39 is 17.5 Å². The molecule has 2 N–H and O–H groups in total. The zero-order valence-corrected chi connectivity index (χ0v) is 9.19. The van der Waals surface area contributed by atoms with Crippen LogP contribution in [0.4, 0.5) is 0 Å². The molecule has 0 aromatic heterocycles. The minimum atomic E-state index is -0.939. The molecule has 0 saturated heterocycles. The van der Waals surface area contributed by atoms with Crippen LogP contribution in [0.5, 0.6) is 0 Å². The maximum atomic E-state index is 10.8. The number of unbranched alkanes of at least 4 members (excludes halogenated alkanes) is 3. The molecule has 0 unspecified atom stereocenters. The Hall–Kier alpha value is -1.45. The van der Waals surface area contributed by atoms with E-state index in [1.54, 1.807) is 6.08 Å². The van der Waals surface area contributed by atoms with Crippen LogP contribution in [0.2, 0.25) is 0 Å². The fourth-order valence-electron chi connectivity index (χ4n) is 0.987.